The molecule has 0 fully saturated rings. The van der Waals surface area contributed by atoms with E-state index in [0.717, 1.165) is 12.8 Å². The molecule has 23 heavy (non-hydrogen) atoms. The monoisotopic (exact) mass is 326 g/mol. The molecule has 0 bridgehead atoms. The molecule has 0 saturated carbocycles. The van der Waals surface area contributed by atoms with Gasteiger partial charge in [0, 0.05) is 0 Å². The van der Waals surface area contributed by atoms with Crippen LogP contribution in [0.1, 0.15) is 106 Å². The maximum Gasteiger partial charge on any atom is 0.309 e. The first-order chi connectivity index (χ1) is 10.6. The molecule has 1 atom stereocenters. The Morgan fingerprint density at radius 3 is 1.74 bits per heavy atom. The van der Waals surface area contributed by atoms with Crippen LogP contribution in [-0.2, 0) is 9.53 Å². The van der Waals surface area contributed by atoms with Gasteiger partial charge in [0.15, 0.2) is 0 Å². The van der Waals surface area contributed by atoms with Gasteiger partial charge in [-0.1, -0.05) is 93.4 Å². The molecular weight excluding hydrogens is 284 g/mol. The van der Waals surface area contributed by atoms with Gasteiger partial charge in [0.2, 0.25) is 0 Å². The van der Waals surface area contributed by atoms with Crippen molar-refractivity contribution >= 4 is 5.97 Å². The van der Waals surface area contributed by atoms with Gasteiger partial charge in [-0.05, 0) is 23.7 Å². The van der Waals surface area contributed by atoms with Crippen molar-refractivity contribution in [3.63, 3.8) is 0 Å². The Labute approximate surface area is 145 Å². The first-order valence-electron chi connectivity index (χ1n) is 9.74. The second-order valence-electron chi connectivity index (χ2n) is 9.33. The van der Waals surface area contributed by atoms with Crippen molar-refractivity contribution in [2.24, 2.45) is 16.7 Å². The number of carbonyl (C=O) groups excluding carboxylic acids is 1. The molecule has 0 aliphatic carbocycles. The van der Waals surface area contributed by atoms with Crippen LogP contribution in [0.15, 0.2) is 0 Å². The van der Waals surface area contributed by atoms with E-state index >= 15 is 0 Å². The normalized spacial score (nSPS) is 13.9. The fraction of sp³-hybridized carbons (Fsp3) is 0.952. The average molecular weight is 327 g/mol. The Balaban J connectivity index is 3.96. The lowest BCUT2D eigenvalue weighted by atomic mass is 9.72. The summed E-state index contributed by atoms with van der Waals surface area (Å²) in [7, 11) is 0. The maximum absolute atomic E-state index is 12.5. The van der Waals surface area contributed by atoms with Crippen LogP contribution in [-0.4, -0.2) is 12.6 Å². The molecule has 0 N–H and O–H groups in total. The summed E-state index contributed by atoms with van der Waals surface area (Å²) in [4.78, 5) is 12.5. The highest BCUT2D eigenvalue weighted by atomic mass is 16.5. The molecule has 0 radical (unpaired) electrons. The maximum atomic E-state index is 12.5. The zero-order valence-electron chi connectivity index (χ0n) is 17.0. The molecule has 0 aliphatic rings. The van der Waals surface area contributed by atoms with E-state index in [1.807, 2.05) is 0 Å². The number of hydrogen-bond donors (Lipinski definition) is 0. The summed E-state index contributed by atoms with van der Waals surface area (Å²) in [6, 6.07) is 0. The van der Waals surface area contributed by atoms with Crippen LogP contribution in [0.25, 0.3) is 0 Å². The zero-order valence-corrected chi connectivity index (χ0v) is 17.0. The van der Waals surface area contributed by atoms with Crippen molar-refractivity contribution in [3.05, 3.63) is 0 Å². The molecule has 0 aromatic carbocycles. The van der Waals surface area contributed by atoms with E-state index < -0.39 is 0 Å². The highest BCUT2D eigenvalue weighted by molar-refractivity contribution is 5.73. The van der Waals surface area contributed by atoms with Crippen LogP contribution in [0.4, 0.5) is 0 Å². The number of esters is 1. The van der Waals surface area contributed by atoms with Gasteiger partial charge >= 0.3 is 5.97 Å². The third-order valence-corrected chi connectivity index (χ3v) is 4.39. The van der Waals surface area contributed by atoms with Gasteiger partial charge < -0.3 is 4.74 Å². The topological polar surface area (TPSA) is 26.3 Å². The number of hydrogen-bond acceptors (Lipinski definition) is 2. The molecule has 0 spiro atoms. The highest BCUT2D eigenvalue weighted by Gasteiger charge is 2.35. The third kappa shape index (κ3) is 12.5. The van der Waals surface area contributed by atoms with Crippen molar-refractivity contribution in [2.75, 3.05) is 6.61 Å². The van der Waals surface area contributed by atoms with Gasteiger partial charge in [-0.25, -0.2) is 0 Å². The van der Waals surface area contributed by atoms with Gasteiger partial charge in [-0.3, -0.25) is 4.79 Å². The number of rotatable bonds is 11. The number of carbonyl (C=O) groups is 1. The van der Waals surface area contributed by atoms with Gasteiger partial charge in [0.25, 0.3) is 0 Å². The first-order valence-corrected chi connectivity index (χ1v) is 9.74. The van der Waals surface area contributed by atoms with Crippen LogP contribution < -0.4 is 0 Å². The molecule has 1 unspecified atom stereocenters. The van der Waals surface area contributed by atoms with Gasteiger partial charge in [-0.2, -0.15) is 0 Å². The van der Waals surface area contributed by atoms with Gasteiger partial charge in [0.05, 0.1) is 12.5 Å². The van der Waals surface area contributed by atoms with Gasteiger partial charge in [0.1, 0.15) is 0 Å². The van der Waals surface area contributed by atoms with Crippen molar-refractivity contribution in [1.29, 1.82) is 0 Å². The fourth-order valence-corrected chi connectivity index (χ4v) is 2.86. The van der Waals surface area contributed by atoms with E-state index in [2.05, 4.69) is 48.5 Å². The van der Waals surface area contributed by atoms with Crippen molar-refractivity contribution in [3.8, 4) is 0 Å². The van der Waals surface area contributed by atoms with E-state index in [4.69, 9.17) is 4.74 Å². The molecule has 0 rings (SSSR count). The van der Waals surface area contributed by atoms with Crippen LogP contribution in [0.2, 0.25) is 0 Å². The van der Waals surface area contributed by atoms with Crippen molar-refractivity contribution < 1.29 is 9.53 Å². The molecule has 2 nitrogen and oxygen atoms in total. The van der Waals surface area contributed by atoms with Crippen LogP contribution in [0, 0.1) is 16.7 Å². The van der Waals surface area contributed by atoms with Crippen LogP contribution in [0.5, 0.6) is 0 Å². The zero-order chi connectivity index (χ0) is 17.9. The molecule has 2 heteroatoms. The van der Waals surface area contributed by atoms with Crippen LogP contribution in [0.3, 0.4) is 0 Å². The molecule has 0 saturated heterocycles. The largest absolute Gasteiger partial charge is 0.465 e. The van der Waals surface area contributed by atoms with E-state index in [1.165, 1.54) is 44.9 Å². The Bertz CT molecular complexity index is 307. The molecule has 0 heterocycles. The summed E-state index contributed by atoms with van der Waals surface area (Å²) >= 11 is 0. The van der Waals surface area contributed by atoms with E-state index in [1.54, 1.807) is 0 Å². The summed E-state index contributed by atoms with van der Waals surface area (Å²) in [6.07, 6.45) is 11.0. The molecule has 138 valence electrons. The Hall–Kier alpha value is -0.530. The van der Waals surface area contributed by atoms with E-state index in [9.17, 15) is 4.79 Å². The summed E-state index contributed by atoms with van der Waals surface area (Å²) in [5, 5.41) is 0. The quantitative estimate of drug-likeness (QED) is 0.309. The van der Waals surface area contributed by atoms with Gasteiger partial charge in [-0.15, -0.1) is 0 Å². The summed E-state index contributed by atoms with van der Waals surface area (Å²) in [5.74, 6) is -0.0214. The van der Waals surface area contributed by atoms with Crippen molar-refractivity contribution in [2.45, 2.75) is 106 Å². The van der Waals surface area contributed by atoms with Crippen molar-refractivity contribution in [1.82, 2.24) is 0 Å². The average Bonchev–Trinajstić information content (AvgIpc) is 2.40. The Kier molecular flexibility index (Phi) is 10.8. The Morgan fingerprint density at radius 1 is 0.826 bits per heavy atom. The first kappa shape index (κ1) is 22.5. The lowest BCUT2D eigenvalue weighted by Crippen LogP contribution is -2.33. The van der Waals surface area contributed by atoms with E-state index in [0.29, 0.717) is 6.61 Å². The summed E-state index contributed by atoms with van der Waals surface area (Å²) < 4.78 is 5.58. The lowest BCUT2D eigenvalue weighted by Gasteiger charge is -2.33. The fourth-order valence-electron chi connectivity index (χ4n) is 2.86. The standard InChI is InChI=1S/C21H42O2/c1-8-9-10-11-12-13-14-15-16-23-19(22)18(21(5,6)7)17-20(2,3)4/h18H,8-17H2,1-7H3. The minimum absolute atomic E-state index is 0.00429. The third-order valence-electron chi connectivity index (χ3n) is 4.39. The number of ether oxygens (including phenoxy) is 1. The van der Waals surface area contributed by atoms with Crippen LogP contribution >= 0.6 is 0 Å². The predicted molar refractivity (Wildman–Crippen MR) is 101 cm³/mol. The smallest absolute Gasteiger partial charge is 0.309 e. The second kappa shape index (κ2) is 11.1. The summed E-state index contributed by atoms with van der Waals surface area (Å²) in [5.41, 5.74) is 0.110. The predicted octanol–water partition coefficient (Wildman–Crippen LogP) is 6.77. The molecule has 0 aromatic heterocycles. The molecule has 0 amide bonds. The van der Waals surface area contributed by atoms with E-state index in [-0.39, 0.29) is 22.7 Å². The Morgan fingerprint density at radius 2 is 1.30 bits per heavy atom. The molecule has 0 aromatic rings. The second-order valence-corrected chi connectivity index (χ2v) is 9.33. The minimum Gasteiger partial charge on any atom is -0.465 e. The molecular formula is C21H42O2. The number of unbranched alkanes of at least 4 members (excludes halogenated alkanes) is 7. The summed E-state index contributed by atoms with van der Waals surface area (Å²) in [6.45, 7) is 15.8. The highest BCUT2D eigenvalue weighted by Crippen LogP contribution is 2.36. The molecule has 0 aliphatic heterocycles. The SMILES string of the molecule is CCCCCCCCCCOC(=O)C(CC(C)(C)C)C(C)(C)C. The minimum atomic E-state index is -0.0381. The lowest BCUT2D eigenvalue weighted by molar-refractivity contribution is -0.154.